The van der Waals surface area contributed by atoms with E-state index < -0.39 is 0 Å². The van der Waals surface area contributed by atoms with Gasteiger partial charge in [0.2, 0.25) is 0 Å². The van der Waals surface area contributed by atoms with Crippen LogP contribution in [-0.2, 0) is 0 Å². The number of hydrogen-bond donors (Lipinski definition) is 0. The molecule has 1 unspecified atom stereocenters. The number of pyridine rings is 1. The van der Waals surface area contributed by atoms with Gasteiger partial charge in [-0.05, 0) is 31.9 Å². The number of nitrogens with zero attached hydrogens (tertiary/aromatic N) is 1. The zero-order valence-electron chi connectivity index (χ0n) is 12.3. The van der Waals surface area contributed by atoms with Crippen molar-refractivity contribution in [1.29, 1.82) is 0 Å². The molecule has 0 fully saturated rings. The molecule has 0 aliphatic carbocycles. The van der Waals surface area contributed by atoms with Crippen LogP contribution in [0.4, 0.5) is 0 Å². The molecule has 1 atom stereocenters. The highest BCUT2D eigenvalue weighted by Gasteiger charge is 2.07. The van der Waals surface area contributed by atoms with Gasteiger partial charge in [-0.3, -0.25) is 4.79 Å². The van der Waals surface area contributed by atoms with Crippen molar-refractivity contribution in [2.45, 2.75) is 65.4 Å². The van der Waals surface area contributed by atoms with Crippen LogP contribution in [0.5, 0.6) is 5.75 Å². The van der Waals surface area contributed by atoms with Crippen LogP contribution in [0.3, 0.4) is 0 Å². The summed E-state index contributed by atoms with van der Waals surface area (Å²) in [4.78, 5) is 15.6. The fraction of sp³-hybridized carbons (Fsp3) is 0.625. The highest BCUT2D eigenvalue weighted by Crippen LogP contribution is 2.15. The molecule has 19 heavy (non-hydrogen) atoms. The Bertz CT molecular complexity index is 373. The third-order valence-corrected chi connectivity index (χ3v) is 3.14. The SMILES string of the molecule is CCCCCCC(C)Oc1ccc(C(=O)CC)nc1. The van der Waals surface area contributed by atoms with Crippen LogP contribution >= 0.6 is 0 Å². The molecule has 0 saturated carbocycles. The summed E-state index contributed by atoms with van der Waals surface area (Å²) in [6, 6.07) is 3.57. The maximum absolute atomic E-state index is 11.4. The first-order valence-electron chi connectivity index (χ1n) is 7.33. The van der Waals surface area contributed by atoms with Gasteiger partial charge < -0.3 is 4.74 Å². The van der Waals surface area contributed by atoms with E-state index in [2.05, 4.69) is 18.8 Å². The first-order valence-corrected chi connectivity index (χ1v) is 7.33. The van der Waals surface area contributed by atoms with E-state index in [9.17, 15) is 4.79 Å². The van der Waals surface area contributed by atoms with Gasteiger partial charge in [0.15, 0.2) is 5.78 Å². The van der Waals surface area contributed by atoms with E-state index in [0.29, 0.717) is 12.1 Å². The summed E-state index contributed by atoms with van der Waals surface area (Å²) < 4.78 is 5.79. The molecule has 0 aliphatic rings. The first-order chi connectivity index (χ1) is 9.17. The van der Waals surface area contributed by atoms with E-state index in [1.165, 1.54) is 25.7 Å². The highest BCUT2D eigenvalue weighted by atomic mass is 16.5. The van der Waals surface area contributed by atoms with Crippen LogP contribution < -0.4 is 4.74 Å². The minimum Gasteiger partial charge on any atom is -0.489 e. The van der Waals surface area contributed by atoms with Gasteiger partial charge in [0.1, 0.15) is 11.4 Å². The molecule has 1 rings (SSSR count). The van der Waals surface area contributed by atoms with Gasteiger partial charge in [-0.15, -0.1) is 0 Å². The third-order valence-electron chi connectivity index (χ3n) is 3.14. The number of carbonyl (C=O) groups excluding carboxylic acids is 1. The minimum absolute atomic E-state index is 0.0687. The Morgan fingerprint density at radius 2 is 2.05 bits per heavy atom. The number of carbonyl (C=O) groups is 1. The molecule has 0 aliphatic heterocycles. The molecule has 0 aromatic carbocycles. The van der Waals surface area contributed by atoms with Gasteiger partial charge in [-0.2, -0.15) is 0 Å². The van der Waals surface area contributed by atoms with E-state index in [1.807, 2.05) is 13.0 Å². The molecular weight excluding hydrogens is 238 g/mol. The smallest absolute Gasteiger partial charge is 0.180 e. The molecule has 0 bridgehead atoms. The Kier molecular flexibility index (Phi) is 7.16. The predicted octanol–water partition coefficient (Wildman–Crippen LogP) is 4.41. The zero-order valence-corrected chi connectivity index (χ0v) is 12.3. The average Bonchev–Trinajstić information content (AvgIpc) is 2.43. The molecule has 3 nitrogen and oxygen atoms in total. The molecule has 3 heteroatoms. The van der Waals surface area contributed by atoms with Crippen molar-refractivity contribution in [3.63, 3.8) is 0 Å². The fourth-order valence-electron chi connectivity index (χ4n) is 1.95. The van der Waals surface area contributed by atoms with Crippen molar-refractivity contribution < 1.29 is 9.53 Å². The summed E-state index contributed by atoms with van der Waals surface area (Å²) in [5.74, 6) is 0.815. The Labute approximate surface area is 116 Å². The Morgan fingerprint density at radius 1 is 1.26 bits per heavy atom. The molecule has 0 amide bonds. The molecule has 0 spiro atoms. The maximum atomic E-state index is 11.4. The van der Waals surface area contributed by atoms with Crippen LogP contribution in [0.2, 0.25) is 0 Å². The molecule has 0 N–H and O–H groups in total. The van der Waals surface area contributed by atoms with E-state index >= 15 is 0 Å². The molecule has 1 aromatic heterocycles. The van der Waals surface area contributed by atoms with Crippen molar-refractivity contribution in [2.75, 3.05) is 0 Å². The van der Waals surface area contributed by atoms with Crippen molar-refractivity contribution in [1.82, 2.24) is 4.98 Å². The van der Waals surface area contributed by atoms with Crippen molar-refractivity contribution in [3.05, 3.63) is 24.0 Å². The number of aromatic nitrogens is 1. The average molecular weight is 263 g/mol. The zero-order chi connectivity index (χ0) is 14.1. The fourth-order valence-corrected chi connectivity index (χ4v) is 1.95. The van der Waals surface area contributed by atoms with E-state index in [-0.39, 0.29) is 11.9 Å². The number of Topliss-reactive ketones (excluding diaryl/α,β-unsaturated/α-hetero) is 1. The lowest BCUT2D eigenvalue weighted by Gasteiger charge is -2.14. The van der Waals surface area contributed by atoms with Crippen LogP contribution in [0.15, 0.2) is 18.3 Å². The summed E-state index contributed by atoms with van der Waals surface area (Å²) in [5, 5.41) is 0. The summed E-state index contributed by atoms with van der Waals surface area (Å²) in [5.41, 5.74) is 0.519. The van der Waals surface area contributed by atoms with Gasteiger partial charge in [-0.1, -0.05) is 33.1 Å². The van der Waals surface area contributed by atoms with E-state index in [0.717, 1.165) is 12.2 Å². The second-order valence-electron chi connectivity index (χ2n) is 4.93. The van der Waals surface area contributed by atoms with Gasteiger partial charge >= 0.3 is 0 Å². The molecule has 106 valence electrons. The van der Waals surface area contributed by atoms with Crippen LogP contribution in [0, 0.1) is 0 Å². The van der Waals surface area contributed by atoms with Crippen molar-refractivity contribution in [2.24, 2.45) is 0 Å². The highest BCUT2D eigenvalue weighted by molar-refractivity contribution is 5.93. The van der Waals surface area contributed by atoms with Gasteiger partial charge in [-0.25, -0.2) is 4.98 Å². The number of ketones is 1. The molecule has 0 saturated heterocycles. The van der Waals surface area contributed by atoms with Crippen molar-refractivity contribution >= 4 is 5.78 Å². The van der Waals surface area contributed by atoms with E-state index in [1.54, 1.807) is 12.3 Å². The second kappa shape index (κ2) is 8.68. The molecule has 1 heterocycles. The van der Waals surface area contributed by atoms with Crippen LogP contribution in [0.25, 0.3) is 0 Å². The van der Waals surface area contributed by atoms with Crippen molar-refractivity contribution in [3.8, 4) is 5.75 Å². The summed E-state index contributed by atoms with van der Waals surface area (Å²) >= 11 is 0. The predicted molar refractivity (Wildman–Crippen MR) is 77.7 cm³/mol. The van der Waals surface area contributed by atoms with Gasteiger partial charge in [0, 0.05) is 6.42 Å². The van der Waals surface area contributed by atoms with Gasteiger partial charge in [0.05, 0.1) is 12.3 Å². The Hall–Kier alpha value is -1.38. The lowest BCUT2D eigenvalue weighted by atomic mass is 10.1. The van der Waals surface area contributed by atoms with Gasteiger partial charge in [0.25, 0.3) is 0 Å². The van der Waals surface area contributed by atoms with E-state index in [4.69, 9.17) is 4.74 Å². The number of unbranched alkanes of at least 4 members (excludes halogenated alkanes) is 3. The Morgan fingerprint density at radius 3 is 2.63 bits per heavy atom. The monoisotopic (exact) mass is 263 g/mol. The lowest BCUT2D eigenvalue weighted by molar-refractivity contribution is 0.0983. The lowest BCUT2D eigenvalue weighted by Crippen LogP contribution is -2.12. The topological polar surface area (TPSA) is 39.2 Å². The standard InChI is InChI=1S/C16H25NO2/c1-4-6-7-8-9-13(3)19-14-10-11-15(17-12-14)16(18)5-2/h10-13H,4-9H2,1-3H3. The minimum atomic E-state index is 0.0687. The number of hydrogen-bond acceptors (Lipinski definition) is 3. The van der Waals surface area contributed by atoms with Crippen LogP contribution in [0.1, 0.15) is 69.8 Å². The van der Waals surface area contributed by atoms with Crippen LogP contribution in [-0.4, -0.2) is 16.9 Å². The summed E-state index contributed by atoms with van der Waals surface area (Å²) in [6.07, 6.45) is 8.42. The third kappa shape index (κ3) is 5.86. The number of ether oxygens (including phenoxy) is 1. The normalized spacial score (nSPS) is 12.2. The molecule has 1 aromatic rings. The quantitative estimate of drug-likeness (QED) is 0.489. The first kappa shape index (κ1) is 15.7. The Balaban J connectivity index is 2.38. The molecular formula is C16H25NO2. The molecule has 0 radical (unpaired) electrons. The summed E-state index contributed by atoms with van der Waals surface area (Å²) in [7, 11) is 0. The second-order valence-corrected chi connectivity index (χ2v) is 4.93. The summed E-state index contributed by atoms with van der Waals surface area (Å²) in [6.45, 7) is 6.13. The number of rotatable bonds is 9. The maximum Gasteiger partial charge on any atom is 0.180 e. The largest absolute Gasteiger partial charge is 0.489 e.